The Morgan fingerprint density at radius 2 is 1.85 bits per heavy atom. The maximum Gasteiger partial charge on any atom is 0.311 e. The van der Waals surface area contributed by atoms with Crippen molar-refractivity contribution in [3.63, 3.8) is 0 Å². The van der Waals surface area contributed by atoms with Crippen LogP contribution in [0, 0.1) is 10.1 Å². The van der Waals surface area contributed by atoms with Gasteiger partial charge >= 0.3 is 5.69 Å². The minimum atomic E-state index is -3.03. The summed E-state index contributed by atoms with van der Waals surface area (Å²) in [6.07, 6.45) is 0. The lowest BCUT2D eigenvalue weighted by molar-refractivity contribution is -0.384. The van der Waals surface area contributed by atoms with Gasteiger partial charge in [-0.2, -0.15) is 15.4 Å². The molecule has 1 aliphatic heterocycles. The molecule has 12 heteroatoms. The predicted molar refractivity (Wildman–Crippen MR) is 98.9 cm³/mol. The standard InChI is InChI=1S/C15H15N7O4S/c23-22(24)13-3-4-14(21-5-7-27(25,26)8-6-21)17-15(13)16-10-1-2-11-12(9-10)19-20-18-11/h1-4,9H,5-8H2,(H,16,17)(H,18,19,20). The number of nitro groups is 1. The van der Waals surface area contributed by atoms with E-state index in [1.165, 1.54) is 12.1 Å². The highest BCUT2D eigenvalue weighted by atomic mass is 32.2. The Labute approximate surface area is 153 Å². The zero-order chi connectivity index (χ0) is 19.0. The van der Waals surface area contributed by atoms with Gasteiger partial charge in [0.25, 0.3) is 0 Å². The summed E-state index contributed by atoms with van der Waals surface area (Å²) in [6.45, 7) is 0.606. The molecule has 0 atom stereocenters. The molecule has 1 aliphatic rings. The molecule has 0 amide bonds. The number of benzene rings is 1. The lowest BCUT2D eigenvalue weighted by Gasteiger charge is -2.27. The molecule has 0 spiro atoms. The van der Waals surface area contributed by atoms with Gasteiger partial charge in [0.05, 0.1) is 16.4 Å². The van der Waals surface area contributed by atoms with Crippen LogP contribution in [0.25, 0.3) is 11.0 Å². The summed E-state index contributed by atoms with van der Waals surface area (Å²) in [4.78, 5) is 17.0. The van der Waals surface area contributed by atoms with Crippen LogP contribution in [0.1, 0.15) is 0 Å². The number of aromatic amines is 1. The zero-order valence-electron chi connectivity index (χ0n) is 14.0. The monoisotopic (exact) mass is 389 g/mol. The topological polar surface area (TPSA) is 147 Å². The molecular weight excluding hydrogens is 374 g/mol. The van der Waals surface area contributed by atoms with Gasteiger partial charge in [0, 0.05) is 24.8 Å². The number of nitrogens with one attached hydrogen (secondary N) is 2. The first-order chi connectivity index (χ1) is 12.9. The minimum absolute atomic E-state index is 0.0389. The number of rotatable bonds is 4. The van der Waals surface area contributed by atoms with Crippen LogP contribution in [0.5, 0.6) is 0 Å². The third-order valence-electron chi connectivity index (χ3n) is 4.30. The molecule has 2 N–H and O–H groups in total. The molecule has 4 rings (SSSR count). The number of hydrogen-bond acceptors (Lipinski definition) is 9. The van der Waals surface area contributed by atoms with Crippen molar-refractivity contribution >= 4 is 43.9 Å². The second-order valence-corrected chi connectivity index (χ2v) is 8.39. The van der Waals surface area contributed by atoms with Crippen LogP contribution < -0.4 is 10.2 Å². The van der Waals surface area contributed by atoms with Crippen molar-refractivity contribution < 1.29 is 13.3 Å². The average Bonchev–Trinajstić information content (AvgIpc) is 3.09. The van der Waals surface area contributed by atoms with E-state index in [-0.39, 0.29) is 23.0 Å². The zero-order valence-corrected chi connectivity index (χ0v) is 14.8. The molecule has 1 aromatic carbocycles. The van der Waals surface area contributed by atoms with Crippen LogP contribution in [0.3, 0.4) is 0 Å². The van der Waals surface area contributed by atoms with Crippen LogP contribution >= 0.6 is 0 Å². The number of anilines is 3. The minimum Gasteiger partial charge on any atom is -0.355 e. The van der Waals surface area contributed by atoms with E-state index in [1.54, 1.807) is 23.1 Å². The Kier molecular flexibility index (Phi) is 4.11. The smallest absolute Gasteiger partial charge is 0.311 e. The van der Waals surface area contributed by atoms with Crippen molar-refractivity contribution in [1.29, 1.82) is 0 Å². The summed E-state index contributed by atoms with van der Waals surface area (Å²) in [5.41, 5.74) is 1.68. The molecule has 0 bridgehead atoms. The molecule has 0 aliphatic carbocycles. The number of fused-ring (bicyclic) bond motifs is 1. The summed E-state index contributed by atoms with van der Waals surface area (Å²) >= 11 is 0. The van der Waals surface area contributed by atoms with Gasteiger partial charge in [-0.1, -0.05) is 0 Å². The normalized spacial score (nSPS) is 16.4. The highest BCUT2D eigenvalue weighted by Gasteiger charge is 2.24. The van der Waals surface area contributed by atoms with E-state index in [9.17, 15) is 18.5 Å². The molecule has 1 fully saturated rings. The Morgan fingerprint density at radius 3 is 2.59 bits per heavy atom. The number of nitrogens with zero attached hydrogens (tertiary/aromatic N) is 5. The van der Waals surface area contributed by atoms with Crippen molar-refractivity contribution in [2.45, 2.75) is 0 Å². The number of H-pyrrole nitrogens is 1. The summed E-state index contributed by atoms with van der Waals surface area (Å²) in [6, 6.07) is 8.04. The van der Waals surface area contributed by atoms with E-state index in [4.69, 9.17) is 0 Å². The molecule has 0 unspecified atom stereocenters. The SMILES string of the molecule is O=[N+]([O-])c1ccc(N2CCS(=O)(=O)CC2)nc1Nc1ccc2n[nH]nc2c1. The van der Waals surface area contributed by atoms with Gasteiger partial charge < -0.3 is 10.2 Å². The molecule has 27 heavy (non-hydrogen) atoms. The fourth-order valence-corrected chi connectivity index (χ4v) is 4.05. The fourth-order valence-electron chi connectivity index (χ4n) is 2.85. The lowest BCUT2D eigenvalue weighted by Crippen LogP contribution is -2.40. The molecule has 3 aromatic rings. The summed E-state index contributed by atoms with van der Waals surface area (Å²) in [5, 5.41) is 24.8. The quantitative estimate of drug-likeness (QED) is 0.496. The molecular formula is C15H15N7O4S. The van der Waals surface area contributed by atoms with E-state index in [0.29, 0.717) is 35.6 Å². The van der Waals surface area contributed by atoms with Gasteiger partial charge in [-0.15, -0.1) is 0 Å². The van der Waals surface area contributed by atoms with Crippen molar-refractivity contribution in [3.05, 3.63) is 40.4 Å². The lowest BCUT2D eigenvalue weighted by atomic mass is 10.2. The Bertz CT molecular complexity index is 1110. The van der Waals surface area contributed by atoms with Crippen LogP contribution in [0.15, 0.2) is 30.3 Å². The van der Waals surface area contributed by atoms with Gasteiger partial charge in [-0.05, 0) is 24.3 Å². The number of sulfone groups is 1. The Morgan fingerprint density at radius 1 is 1.11 bits per heavy atom. The number of pyridine rings is 1. The third kappa shape index (κ3) is 3.51. The summed E-state index contributed by atoms with van der Waals surface area (Å²) < 4.78 is 23.2. The number of hydrogen-bond donors (Lipinski definition) is 2. The first-order valence-corrected chi connectivity index (χ1v) is 9.92. The van der Waals surface area contributed by atoms with E-state index in [2.05, 4.69) is 25.7 Å². The molecule has 11 nitrogen and oxygen atoms in total. The maximum absolute atomic E-state index is 11.6. The van der Waals surface area contributed by atoms with E-state index < -0.39 is 14.8 Å². The van der Waals surface area contributed by atoms with Crippen LogP contribution in [-0.4, -0.2) is 58.3 Å². The third-order valence-corrected chi connectivity index (χ3v) is 5.91. The van der Waals surface area contributed by atoms with Crippen molar-refractivity contribution in [2.24, 2.45) is 0 Å². The molecule has 1 saturated heterocycles. The second kappa shape index (κ2) is 6.46. The highest BCUT2D eigenvalue weighted by molar-refractivity contribution is 7.91. The Balaban J connectivity index is 1.66. The van der Waals surface area contributed by atoms with Gasteiger partial charge in [-0.25, -0.2) is 13.4 Å². The van der Waals surface area contributed by atoms with E-state index >= 15 is 0 Å². The summed E-state index contributed by atoms with van der Waals surface area (Å²) in [5.74, 6) is 0.642. The number of aromatic nitrogens is 4. The fraction of sp³-hybridized carbons (Fsp3) is 0.267. The average molecular weight is 389 g/mol. The van der Waals surface area contributed by atoms with Gasteiger partial charge in [0.2, 0.25) is 5.82 Å². The largest absolute Gasteiger partial charge is 0.355 e. The summed E-state index contributed by atoms with van der Waals surface area (Å²) in [7, 11) is -3.03. The van der Waals surface area contributed by atoms with E-state index in [0.717, 1.165) is 0 Å². The molecule has 2 aromatic heterocycles. The van der Waals surface area contributed by atoms with Crippen molar-refractivity contribution in [3.8, 4) is 0 Å². The first kappa shape index (κ1) is 17.1. The highest BCUT2D eigenvalue weighted by Crippen LogP contribution is 2.29. The molecule has 0 saturated carbocycles. The van der Waals surface area contributed by atoms with Crippen LogP contribution in [-0.2, 0) is 9.84 Å². The van der Waals surface area contributed by atoms with E-state index in [1.807, 2.05) is 0 Å². The van der Waals surface area contributed by atoms with Gasteiger partial charge in [0.15, 0.2) is 9.84 Å². The van der Waals surface area contributed by atoms with Crippen LogP contribution in [0.2, 0.25) is 0 Å². The molecule has 3 heterocycles. The van der Waals surface area contributed by atoms with Crippen molar-refractivity contribution in [1.82, 2.24) is 20.4 Å². The predicted octanol–water partition coefficient (Wildman–Crippen LogP) is 1.24. The molecule has 140 valence electrons. The first-order valence-electron chi connectivity index (χ1n) is 8.10. The second-order valence-electron chi connectivity index (χ2n) is 6.09. The van der Waals surface area contributed by atoms with Gasteiger partial charge in [0.1, 0.15) is 16.9 Å². The van der Waals surface area contributed by atoms with Crippen LogP contribution in [0.4, 0.5) is 23.0 Å². The maximum atomic E-state index is 11.6. The molecule has 0 radical (unpaired) electrons. The Hall–Kier alpha value is -3.28. The van der Waals surface area contributed by atoms with Crippen molar-refractivity contribution in [2.75, 3.05) is 34.8 Å². The van der Waals surface area contributed by atoms with Gasteiger partial charge in [-0.3, -0.25) is 10.1 Å².